The molecular weight excluding hydrogens is 288 g/mol. The standard InChI is InChI=1S/C14H18N4O2S/c1-10-7-11(17-20-10)8-15-13(19)12-9-21-14(16-12)18-5-3-2-4-6-18/h7,9H,2-6,8H2,1H3,(H,15,19). The molecule has 6 nitrogen and oxygen atoms in total. The van der Waals surface area contributed by atoms with Crippen LogP contribution < -0.4 is 10.2 Å². The average Bonchev–Trinajstić information content (AvgIpc) is 3.15. The monoisotopic (exact) mass is 306 g/mol. The number of amides is 1. The van der Waals surface area contributed by atoms with Gasteiger partial charge >= 0.3 is 0 Å². The number of thiazole rings is 1. The molecule has 2 aromatic heterocycles. The van der Waals surface area contributed by atoms with Gasteiger partial charge in [0.2, 0.25) is 0 Å². The van der Waals surface area contributed by atoms with Gasteiger partial charge in [0.15, 0.2) is 5.13 Å². The van der Waals surface area contributed by atoms with Gasteiger partial charge in [-0.3, -0.25) is 4.79 Å². The molecule has 0 bridgehead atoms. The first-order valence-corrected chi connectivity index (χ1v) is 8.01. The van der Waals surface area contributed by atoms with Gasteiger partial charge in [0.05, 0.1) is 6.54 Å². The third kappa shape index (κ3) is 3.41. The highest BCUT2D eigenvalue weighted by Gasteiger charge is 2.17. The number of aryl methyl sites for hydroxylation is 1. The van der Waals surface area contributed by atoms with Crippen molar-refractivity contribution in [2.24, 2.45) is 0 Å². The first kappa shape index (κ1) is 14.1. The van der Waals surface area contributed by atoms with Crippen molar-refractivity contribution in [3.63, 3.8) is 0 Å². The van der Waals surface area contributed by atoms with Gasteiger partial charge in [-0.05, 0) is 26.2 Å². The summed E-state index contributed by atoms with van der Waals surface area (Å²) in [6.45, 7) is 4.25. The van der Waals surface area contributed by atoms with E-state index < -0.39 is 0 Å². The second-order valence-electron chi connectivity index (χ2n) is 5.17. The molecular formula is C14H18N4O2S. The maximum absolute atomic E-state index is 12.1. The number of aromatic nitrogens is 2. The second kappa shape index (κ2) is 6.26. The van der Waals surface area contributed by atoms with E-state index in [1.54, 1.807) is 6.07 Å². The van der Waals surface area contributed by atoms with Crippen LogP contribution in [0.4, 0.5) is 5.13 Å². The van der Waals surface area contributed by atoms with Gasteiger partial charge in [0, 0.05) is 24.5 Å². The summed E-state index contributed by atoms with van der Waals surface area (Å²) in [6, 6.07) is 1.81. The van der Waals surface area contributed by atoms with E-state index in [9.17, 15) is 4.79 Å². The minimum Gasteiger partial charge on any atom is -0.361 e. The maximum atomic E-state index is 12.1. The molecule has 1 aliphatic rings. The van der Waals surface area contributed by atoms with Crippen LogP contribution in [0.5, 0.6) is 0 Å². The molecule has 1 saturated heterocycles. The molecule has 0 aromatic carbocycles. The third-order valence-electron chi connectivity index (χ3n) is 3.46. The van der Waals surface area contributed by atoms with E-state index in [4.69, 9.17) is 4.52 Å². The number of carbonyl (C=O) groups is 1. The Kier molecular flexibility index (Phi) is 4.19. The Balaban J connectivity index is 1.58. The lowest BCUT2D eigenvalue weighted by atomic mass is 10.1. The van der Waals surface area contributed by atoms with Crippen LogP contribution in [0, 0.1) is 6.92 Å². The fourth-order valence-corrected chi connectivity index (χ4v) is 3.22. The molecule has 0 saturated carbocycles. The van der Waals surface area contributed by atoms with Crippen molar-refractivity contribution in [1.29, 1.82) is 0 Å². The van der Waals surface area contributed by atoms with Crippen LogP contribution in [-0.4, -0.2) is 29.1 Å². The largest absolute Gasteiger partial charge is 0.361 e. The lowest BCUT2D eigenvalue weighted by Gasteiger charge is -2.25. The molecule has 0 spiro atoms. The molecule has 0 aliphatic carbocycles. The molecule has 0 radical (unpaired) electrons. The van der Waals surface area contributed by atoms with Crippen molar-refractivity contribution in [2.45, 2.75) is 32.7 Å². The van der Waals surface area contributed by atoms with Crippen molar-refractivity contribution in [3.8, 4) is 0 Å². The Hall–Kier alpha value is -1.89. The Morgan fingerprint density at radius 1 is 1.43 bits per heavy atom. The first-order chi connectivity index (χ1) is 10.2. The molecule has 1 aliphatic heterocycles. The molecule has 7 heteroatoms. The lowest BCUT2D eigenvalue weighted by Crippen LogP contribution is -2.29. The van der Waals surface area contributed by atoms with Crippen LogP contribution in [0.3, 0.4) is 0 Å². The quantitative estimate of drug-likeness (QED) is 0.939. The summed E-state index contributed by atoms with van der Waals surface area (Å²) >= 11 is 1.53. The summed E-state index contributed by atoms with van der Waals surface area (Å²) in [6.07, 6.45) is 3.69. The topological polar surface area (TPSA) is 71.3 Å². The summed E-state index contributed by atoms with van der Waals surface area (Å²) in [7, 11) is 0. The number of rotatable bonds is 4. The number of nitrogens with zero attached hydrogens (tertiary/aromatic N) is 3. The molecule has 112 valence electrons. The molecule has 21 heavy (non-hydrogen) atoms. The van der Waals surface area contributed by atoms with Gasteiger partial charge in [-0.25, -0.2) is 4.98 Å². The Labute approximate surface area is 127 Å². The number of piperidine rings is 1. The summed E-state index contributed by atoms with van der Waals surface area (Å²) in [5.74, 6) is 0.565. The Morgan fingerprint density at radius 3 is 2.95 bits per heavy atom. The van der Waals surface area contributed by atoms with E-state index >= 15 is 0 Å². The molecule has 1 amide bonds. The molecule has 0 atom stereocenters. The predicted molar refractivity (Wildman–Crippen MR) is 80.6 cm³/mol. The van der Waals surface area contributed by atoms with E-state index in [2.05, 4.69) is 20.4 Å². The summed E-state index contributed by atoms with van der Waals surface area (Å²) in [5.41, 5.74) is 1.19. The highest BCUT2D eigenvalue weighted by atomic mass is 32.1. The Bertz CT molecular complexity index is 616. The zero-order valence-electron chi connectivity index (χ0n) is 12.0. The minimum absolute atomic E-state index is 0.171. The summed E-state index contributed by atoms with van der Waals surface area (Å²) in [4.78, 5) is 18.8. The zero-order chi connectivity index (χ0) is 14.7. The molecule has 2 aromatic rings. The van der Waals surface area contributed by atoms with Crippen LogP contribution in [0.2, 0.25) is 0 Å². The van der Waals surface area contributed by atoms with Crippen LogP contribution in [0.15, 0.2) is 16.0 Å². The smallest absolute Gasteiger partial charge is 0.271 e. The third-order valence-corrected chi connectivity index (χ3v) is 4.36. The molecule has 1 fully saturated rings. The maximum Gasteiger partial charge on any atom is 0.271 e. The highest BCUT2D eigenvalue weighted by molar-refractivity contribution is 7.13. The lowest BCUT2D eigenvalue weighted by molar-refractivity contribution is 0.0946. The van der Waals surface area contributed by atoms with E-state index in [1.807, 2.05) is 12.3 Å². The van der Waals surface area contributed by atoms with E-state index in [0.29, 0.717) is 17.9 Å². The molecule has 3 rings (SSSR count). The zero-order valence-corrected chi connectivity index (χ0v) is 12.8. The van der Waals surface area contributed by atoms with Crippen molar-refractivity contribution in [3.05, 3.63) is 28.6 Å². The SMILES string of the molecule is Cc1cc(CNC(=O)c2csc(N3CCCCC3)n2)no1. The van der Waals surface area contributed by atoms with Crippen molar-refractivity contribution >= 4 is 22.4 Å². The highest BCUT2D eigenvalue weighted by Crippen LogP contribution is 2.23. The minimum atomic E-state index is -0.171. The van der Waals surface area contributed by atoms with Crippen molar-refractivity contribution in [2.75, 3.05) is 18.0 Å². The normalized spacial score (nSPS) is 15.2. The van der Waals surface area contributed by atoms with Gasteiger partial charge < -0.3 is 14.7 Å². The van der Waals surface area contributed by atoms with E-state index in [0.717, 1.165) is 24.0 Å². The average molecular weight is 306 g/mol. The van der Waals surface area contributed by atoms with E-state index in [-0.39, 0.29) is 5.91 Å². The van der Waals surface area contributed by atoms with Crippen LogP contribution in [0.1, 0.15) is 41.2 Å². The van der Waals surface area contributed by atoms with Gasteiger partial charge in [0.25, 0.3) is 5.91 Å². The predicted octanol–water partition coefficient (Wildman–Crippen LogP) is 2.36. The number of nitrogens with one attached hydrogen (secondary N) is 1. The van der Waals surface area contributed by atoms with Gasteiger partial charge in [-0.15, -0.1) is 11.3 Å². The van der Waals surface area contributed by atoms with E-state index in [1.165, 1.54) is 30.6 Å². The van der Waals surface area contributed by atoms with Crippen LogP contribution >= 0.6 is 11.3 Å². The van der Waals surface area contributed by atoms with Gasteiger partial charge in [-0.1, -0.05) is 5.16 Å². The number of hydrogen-bond acceptors (Lipinski definition) is 6. The number of carbonyl (C=O) groups excluding carboxylic acids is 1. The molecule has 1 N–H and O–H groups in total. The van der Waals surface area contributed by atoms with Gasteiger partial charge in [-0.2, -0.15) is 0 Å². The Morgan fingerprint density at radius 2 is 2.24 bits per heavy atom. The van der Waals surface area contributed by atoms with Crippen LogP contribution in [-0.2, 0) is 6.54 Å². The second-order valence-corrected chi connectivity index (χ2v) is 6.01. The molecule has 0 unspecified atom stereocenters. The van der Waals surface area contributed by atoms with Crippen molar-refractivity contribution in [1.82, 2.24) is 15.5 Å². The fourth-order valence-electron chi connectivity index (χ4n) is 2.36. The first-order valence-electron chi connectivity index (χ1n) is 7.13. The van der Waals surface area contributed by atoms with Gasteiger partial charge in [0.1, 0.15) is 17.1 Å². The number of hydrogen-bond donors (Lipinski definition) is 1. The summed E-state index contributed by atoms with van der Waals surface area (Å²) < 4.78 is 4.96. The summed E-state index contributed by atoms with van der Waals surface area (Å²) in [5, 5.41) is 9.41. The van der Waals surface area contributed by atoms with Crippen molar-refractivity contribution < 1.29 is 9.32 Å². The number of anilines is 1. The molecule has 3 heterocycles. The van der Waals surface area contributed by atoms with Crippen LogP contribution in [0.25, 0.3) is 0 Å². The fraction of sp³-hybridized carbons (Fsp3) is 0.500.